The van der Waals surface area contributed by atoms with Gasteiger partial charge in [-0.25, -0.2) is 0 Å². The summed E-state index contributed by atoms with van der Waals surface area (Å²) in [7, 11) is 0. The van der Waals surface area contributed by atoms with Crippen LogP contribution >= 0.6 is 0 Å². The lowest BCUT2D eigenvalue weighted by Crippen LogP contribution is -2.21. The number of hydrogen-bond acceptors (Lipinski definition) is 5. The predicted octanol–water partition coefficient (Wildman–Crippen LogP) is 7.44. The normalized spacial score (nSPS) is 16.1. The third kappa shape index (κ3) is 8.35. The van der Waals surface area contributed by atoms with Gasteiger partial charge in [-0.1, -0.05) is 30.4 Å². The highest BCUT2D eigenvalue weighted by molar-refractivity contribution is 5.36. The average Bonchev–Trinajstić information content (AvgIpc) is 3.34. The zero-order valence-corrected chi connectivity index (χ0v) is 22.2. The van der Waals surface area contributed by atoms with Crippen LogP contribution in [-0.4, -0.2) is 26.8 Å². The van der Waals surface area contributed by atoms with Gasteiger partial charge in [0.15, 0.2) is 0 Å². The average molecular weight is 610 g/mol. The maximum absolute atomic E-state index is 13.6. The van der Waals surface area contributed by atoms with Crippen LogP contribution in [0.5, 0.6) is 0 Å². The minimum absolute atomic E-state index is 0.00122. The second kappa shape index (κ2) is 12.5. The molecule has 6 nitrogen and oxygen atoms in total. The zero-order valence-electron chi connectivity index (χ0n) is 22.2. The van der Waals surface area contributed by atoms with E-state index in [4.69, 9.17) is 10.5 Å². The van der Waals surface area contributed by atoms with E-state index in [9.17, 15) is 39.5 Å². The predicted molar refractivity (Wildman–Crippen MR) is 133 cm³/mol. The Labute approximate surface area is 235 Å². The quantitative estimate of drug-likeness (QED) is 0.255. The molecule has 1 fully saturated rings. The van der Waals surface area contributed by atoms with Crippen molar-refractivity contribution in [1.29, 1.82) is 0 Å². The number of ether oxygens (including phenoxy) is 1. The molecule has 0 saturated heterocycles. The van der Waals surface area contributed by atoms with Crippen LogP contribution in [0.25, 0.3) is 0 Å². The van der Waals surface area contributed by atoms with E-state index < -0.39 is 47.7 Å². The first-order chi connectivity index (χ1) is 19.6. The highest BCUT2D eigenvalue weighted by Crippen LogP contribution is 2.38. The van der Waals surface area contributed by atoms with Gasteiger partial charge in [0.2, 0.25) is 0 Å². The lowest BCUT2D eigenvalue weighted by atomic mass is 9.90. The van der Waals surface area contributed by atoms with Gasteiger partial charge < -0.3 is 10.5 Å². The fraction of sp³-hybridized carbons (Fsp3) is 0.519. The highest BCUT2D eigenvalue weighted by Gasteiger charge is 2.37. The zero-order chi connectivity index (χ0) is 30.7. The topological polar surface area (TPSA) is 78.8 Å². The molecule has 15 heteroatoms. The summed E-state index contributed by atoms with van der Waals surface area (Å²) in [5, 5.41) is 11.1. The number of nitrogen functional groups attached to an aromatic ring is 1. The molecule has 0 radical (unpaired) electrons. The van der Waals surface area contributed by atoms with Crippen molar-refractivity contribution in [3.63, 3.8) is 0 Å². The molecular formula is C27H28F9N5O. The molecule has 0 aliphatic heterocycles. The Hall–Kier alpha value is -3.36. The van der Waals surface area contributed by atoms with Crippen molar-refractivity contribution in [2.75, 3.05) is 12.3 Å². The lowest BCUT2D eigenvalue weighted by Gasteiger charge is -2.23. The van der Waals surface area contributed by atoms with Crippen molar-refractivity contribution in [2.45, 2.75) is 76.1 Å². The molecule has 1 aromatic heterocycles. The lowest BCUT2D eigenvalue weighted by molar-refractivity contribution is -0.143. The summed E-state index contributed by atoms with van der Waals surface area (Å²) in [5.41, 5.74) is 1.66. The third-order valence-corrected chi connectivity index (χ3v) is 7.21. The third-order valence-electron chi connectivity index (χ3n) is 7.21. The van der Waals surface area contributed by atoms with E-state index in [1.54, 1.807) is 0 Å². The maximum Gasteiger partial charge on any atom is 0.416 e. The molecular weight excluding hydrogens is 581 g/mol. The number of rotatable bonds is 9. The summed E-state index contributed by atoms with van der Waals surface area (Å²) in [6.07, 6.45) is -10.4. The van der Waals surface area contributed by atoms with Gasteiger partial charge in [-0.05, 0) is 83.8 Å². The SMILES string of the molecule is Nc1nnn([C@@H](Cc2cc(C(F)(F)F)cc(C(F)(F)F)c2)Cc2cc(C(F)(F)F)ccc2COCC2CCCCC2)n1. The van der Waals surface area contributed by atoms with E-state index in [0.29, 0.717) is 30.2 Å². The number of aromatic nitrogens is 4. The Morgan fingerprint density at radius 2 is 1.40 bits per heavy atom. The smallest absolute Gasteiger partial charge is 0.376 e. The Bertz CT molecular complexity index is 1310. The molecule has 1 heterocycles. The van der Waals surface area contributed by atoms with Crippen molar-refractivity contribution in [3.05, 3.63) is 69.8 Å². The highest BCUT2D eigenvalue weighted by atomic mass is 19.4. The van der Waals surface area contributed by atoms with Crippen molar-refractivity contribution in [2.24, 2.45) is 5.92 Å². The Balaban J connectivity index is 1.68. The summed E-state index contributed by atoms with van der Waals surface area (Å²) in [6, 6.07) is 3.02. The van der Waals surface area contributed by atoms with Gasteiger partial charge in [-0.15, -0.1) is 5.10 Å². The van der Waals surface area contributed by atoms with Crippen LogP contribution < -0.4 is 5.73 Å². The first kappa shape index (κ1) is 31.6. The van der Waals surface area contributed by atoms with Crippen molar-refractivity contribution >= 4 is 5.95 Å². The molecule has 1 atom stereocenters. The second-order valence-corrected chi connectivity index (χ2v) is 10.4. The summed E-state index contributed by atoms with van der Waals surface area (Å²) in [4.78, 5) is 0.885. The van der Waals surface area contributed by atoms with Gasteiger partial charge in [0.05, 0.1) is 29.3 Å². The fourth-order valence-electron chi connectivity index (χ4n) is 5.11. The Morgan fingerprint density at radius 3 is 1.95 bits per heavy atom. The van der Waals surface area contributed by atoms with E-state index >= 15 is 0 Å². The summed E-state index contributed by atoms with van der Waals surface area (Å²) in [6.45, 7) is 0.376. The van der Waals surface area contributed by atoms with Crippen LogP contribution in [0.15, 0.2) is 36.4 Å². The summed E-state index contributed by atoms with van der Waals surface area (Å²) in [5.74, 6) is -0.00411. The minimum atomic E-state index is -5.08. The number of tetrazole rings is 1. The molecule has 1 saturated carbocycles. The van der Waals surface area contributed by atoms with E-state index in [1.165, 1.54) is 6.07 Å². The van der Waals surface area contributed by atoms with Crippen LogP contribution in [0.4, 0.5) is 45.5 Å². The molecule has 0 amide bonds. The van der Waals surface area contributed by atoms with Gasteiger partial charge in [0.1, 0.15) is 0 Å². The van der Waals surface area contributed by atoms with Gasteiger partial charge >= 0.3 is 18.5 Å². The summed E-state index contributed by atoms with van der Waals surface area (Å²) < 4.78 is 127. The largest absolute Gasteiger partial charge is 0.416 e. The molecule has 0 bridgehead atoms. The van der Waals surface area contributed by atoms with Gasteiger partial charge in [0.25, 0.3) is 5.95 Å². The number of nitrogens with two attached hydrogens (primary N) is 1. The number of alkyl halides is 9. The summed E-state index contributed by atoms with van der Waals surface area (Å²) >= 11 is 0. The second-order valence-electron chi connectivity index (χ2n) is 10.4. The number of benzene rings is 2. The van der Waals surface area contributed by atoms with E-state index in [-0.39, 0.29) is 36.2 Å². The van der Waals surface area contributed by atoms with E-state index in [1.807, 2.05) is 0 Å². The van der Waals surface area contributed by atoms with Gasteiger partial charge in [-0.2, -0.15) is 44.3 Å². The van der Waals surface area contributed by atoms with Crippen LogP contribution in [0, 0.1) is 5.92 Å². The number of hydrogen-bond donors (Lipinski definition) is 1. The number of nitrogens with zero attached hydrogens (tertiary/aromatic N) is 4. The molecule has 1 aliphatic rings. The molecule has 0 spiro atoms. The standard InChI is InChI=1S/C27H28F9N5O/c28-25(29,30)20-7-6-18(15-42-14-16-4-2-1-3-5-16)19(11-20)12-23(41-39-24(37)38-40-41)10-17-8-21(26(31,32)33)13-22(9-17)27(34,35)36/h6-9,11,13,16,23H,1-5,10,12,14-15H2,(H2,37,39)/t23-/m0/s1. The molecule has 42 heavy (non-hydrogen) atoms. The van der Waals surface area contributed by atoms with E-state index in [0.717, 1.165) is 49.0 Å². The molecule has 1 aliphatic carbocycles. The maximum atomic E-state index is 13.6. The fourth-order valence-corrected chi connectivity index (χ4v) is 5.11. The van der Waals surface area contributed by atoms with Crippen LogP contribution in [-0.2, 0) is 42.7 Å². The van der Waals surface area contributed by atoms with Crippen LogP contribution in [0.3, 0.4) is 0 Å². The number of anilines is 1. The van der Waals surface area contributed by atoms with Crippen molar-refractivity contribution < 1.29 is 44.3 Å². The molecule has 4 rings (SSSR count). The molecule has 2 N–H and O–H groups in total. The Morgan fingerprint density at radius 1 is 0.786 bits per heavy atom. The van der Waals surface area contributed by atoms with Gasteiger partial charge in [-0.3, -0.25) is 0 Å². The molecule has 0 unspecified atom stereocenters. The molecule has 3 aromatic rings. The first-order valence-electron chi connectivity index (χ1n) is 13.2. The van der Waals surface area contributed by atoms with Crippen molar-refractivity contribution in [1.82, 2.24) is 20.2 Å². The minimum Gasteiger partial charge on any atom is -0.376 e. The Kier molecular flexibility index (Phi) is 9.38. The van der Waals surface area contributed by atoms with Gasteiger partial charge in [0, 0.05) is 6.61 Å². The van der Waals surface area contributed by atoms with Crippen molar-refractivity contribution in [3.8, 4) is 0 Å². The molecule has 2 aromatic carbocycles. The number of halogens is 9. The van der Waals surface area contributed by atoms with E-state index in [2.05, 4.69) is 15.4 Å². The first-order valence-corrected chi connectivity index (χ1v) is 13.2. The van der Waals surface area contributed by atoms with Crippen LogP contribution in [0.2, 0.25) is 0 Å². The monoisotopic (exact) mass is 609 g/mol. The van der Waals surface area contributed by atoms with Crippen LogP contribution in [0.1, 0.15) is 71.5 Å². The molecule has 230 valence electrons.